The van der Waals surface area contributed by atoms with E-state index in [1.807, 2.05) is 0 Å². The Morgan fingerprint density at radius 2 is 2.09 bits per heavy atom. The molecule has 0 amide bonds. The number of hydrogen-bond acceptors (Lipinski definition) is 4. The van der Waals surface area contributed by atoms with Gasteiger partial charge in [0.25, 0.3) is 0 Å². The highest BCUT2D eigenvalue weighted by Crippen LogP contribution is 1.93. The molecule has 1 unspecified atom stereocenters. The Labute approximate surface area is 73.8 Å². The molecule has 0 aromatic rings. The molecule has 0 rings (SSSR count). The lowest BCUT2D eigenvalue weighted by Gasteiger charge is -2.08. The minimum atomic E-state index is -0.0760. The van der Waals surface area contributed by atoms with Crippen LogP contribution >= 0.6 is 12.6 Å². The normalized spacial score (nSPS) is 13.4. The van der Waals surface area contributed by atoms with Crippen molar-refractivity contribution >= 4 is 12.6 Å². The van der Waals surface area contributed by atoms with Crippen LogP contribution in [0.4, 0.5) is 0 Å². The number of nitrogens with one attached hydrogen (secondary N) is 1. The molecule has 0 saturated carbocycles. The van der Waals surface area contributed by atoms with Crippen molar-refractivity contribution in [3.63, 3.8) is 0 Å². The average molecular weight is 178 g/mol. The first-order valence-electron chi connectivity index (χ1n) is 4.03. The lowest BCUT2D eigenvalue weighted by molar-refractivity contribution is 0.280. The summed E-state index contributed by atoms with van der Waals surface area (Å²) in [5.41, 5.74) is 5.32. The summed E-state index contributed by atoms with van der Waals surface area (Å²) in [7, 11) is 0. The van der Waals surface area contributed by atoms with E-state index in [2.05, 4.69) is 17.9 Å². The van der Waals surface area contributed by atoms with Crippen molar-refractivity contribution in [2.75, 3.05) is 19.7 Å². The van der Waals surface area contributed by atoms with Crippen molar-refractivity contribution in [3.8, 4) is 0 Å². The molecular weight excluding hydrogens is 160 g/mol. The van der Waals surface area contributed by atoms with E-state index in [1.54, 1.807) is 0 Å². The van der Waals surface area contributed by atoms with E-state index in [4.69, 9.17) is 10.8 Å². The maximum atomic E-state index is 8.58. The van der Waals surface area contributed by atoms with E-state index in [9.17, 15) is 0 Å². The zero-order valence-electron chi connectivity index (χ0n) is 6.79. The van der Waals surface area contributed by atoms with Gasteiger partial charge in [-0.05, 0) is 25.9 Å². The molecule has 68 valence electrons. The van der Waals surface area contributed by atoms with E-state index in [0.717, 1.165) is 32.4 Å². The van der Waals surface area contributed by atoms with Gasteiger partial charge < -0.3 is 16.2 Å². The zero-order valence-corrected chi connectivity index (χ0v) is 7.69. The van der Waals surface area contributed by atoms with Crippen LogP contribution in [0.25, 0.3) is 0 Å². The second kappa shape index (κ2) is 8.33. The van der Waals surface area contributed by atoms with Crippen molar-refractivity contribution in [2.24, 2.45) is 5.73 Å². The molecule has 3 nitrogen and oxygen atoms in total. The van der Waals surface area contributed by atoms with Crippen LogP contribution < -0.4 is 11.1 Å². The van der Waals surface area contributed by atoms with Crippen molar-refractivity contribution in [1.29, 1.82) is 0 Å². The Balaban J connectivity index is 2.89. The van der Waals surface area contributed by atoms with Crippen LogP contribution in [0.1, 0.15) is 19.3 Å². The molecule has 0 spiro atoms. The lowest BCUT2D eigenvalue weighted by atomic mass is 10.2. The summed E-state index contributed by atoms with van der Waals surface area (Å²) < 4.78 is 0. The van der Waals surface area contributed by atoms with E-state index in [0.29, 0.717) is 0 Å². The molecule has 4 N–H and O–H groups in total. The fourth-order valence-corrected chi connectivity index (χ4v) is 0.908. The lowest BCUT2D eigenvalue weighted by Crippen LogP contribution is -2.28. The number of rotatable bonds is 7. The van der Waals surface area contributed by atoms with E-state index < -0.39 is 0 Å². The van der Waals surface area contributed by atoms with Crippen LogP contribution in [0.5, 0.6) is 0 Å². The molecule has 0 aliphatic heterocycles. The molecular formula is C7H18N2OS. The molecule has 0 heterocycles. The van der Waals surface area contributed by atoms with E-state index in [1.165, 1.54) is 0 Å². The van der Waals surface area contributed by atoms with Gasteiger partial charge in [-0.25, -0.2) is 0 Å². The molecule has 0 radical (unpaired) electrons. The van der Waals surface area contributed by atoms with Crippen LogP contribution in [-0.4, -0.2) is 30.2 Å². The Bertz CT molecular complexity index is 82.8. The van der Waals surface area contributed by atoms with Gasteiger partial charge in [-0.15, -0.1) is 0 Å². The van der Waals surface area contributed by atoms with Crippen molar-refractivity contribution in [2.45, 2.75) is 24.6 Å². The topological polar surface area (TPSA) is 58.3 Å². The molecule has 0 aromatic heterocycles. The molecule has 0 aliphatic carbocycles. The van der Waals surface area contributed by atoms with E-state index >= 15 is 0 Å². The quantitative estimate of drug-likeness (QED) is 0.251. The summed E-state index contributed by atoms with van der Waals surface area (Å²) >= 11 is 4.07. The first-order chi connectivity index (χ1) is 5.31. The molecule has 11 heavy (non-hydrogen) atoms. The summed E-state index contributed by atoms with van der Waals surface area (Å²) in [6, 6.07) is 0. The van der Waals surface area contributed by atoms with Crippen molar-refractivity contribution < 1.29 is 5.11 Å². The van der Waals surface area contributed by atoms with Gasteiger partial charge in [0.05, 0.1) is 12.0 Å². The molecule has 0 saturated heterocycles. The Morgan fingerprint density at radius 1 is 1.36 bits per heavy atom. The summed E-state index contributed by atoms with van der Waals surface area (Å²) in [4.78, 5) is 0. The van der Waals surface area contributed by atoms with Crippen LogP contribution in [0.2, 0.25) is 0 Å². The SMILES string of the molecule is NCCCCCNC(S)CO. The fraction of sp³-hybridized carbons (Fsp3) is 1.00. The second-order valence-corrected chi connectivity index (χ2v) is 3.13. The van der Waals surface area contributed by atoms with Crippen LogP contribution in [-0.2, 0) is 0 Å². The highest BCUT2D eigenvalue weighted by Gasteiger charge is 1.96. The largest absolute Gasteiger partial charge is 0.394 e. The van der Waals surface area contributed by atoms with Gasteiger partial charge >= 0.3 is 0 Å². The van der Waals surface area contributed by atoms with Gasteiger partial charge in [-0.1, -0.05) is 6.42 Å². The molecule has 0 fully saturated rings. The highest BCUT2D eigenvalue weighted by atomic mass is 32.1. The van der Waals surface area contributed by atoms with Gasteiger partial charge in [0.15, 0.2) is 0 Å². The van der Waals surface area contributed by atoms with Crippen LogP contribution in [0.3, 0.4) is 0 Å². The minimum Gasteiger partial charge on any atom is -0.394 e. The maximum Gasteiger partial charge on any atom is 0.0737 e. The standard InChI is InChI=1S/C7H18N2OS/c8-4-2-1-3-5-9-7(11)6-10/h7,9-11H,1-6,8H2. The number of unbranched alkanes of at least 4 members (excludes halogenated alkanes) is 2. The fourth-order valence-electron chi connectivity index (χ4n) is 0.779. The van der Waals surface area contributed by atoms with Crippen molar-refractivity contribution in [1.82, 2.24) is 5.32 Å². The number of nitrogens with two attached hydrogens (primary N) is 1. The first-order valence-corrected chi connectivity index (χ1v) is 4.55. The Kier molecular flexibility index (Phi) is 8.50. The van der Waals surface area contributed by atoms with Gasteiger partial charge in [-0.3, -0.25) is 0 Å². The predicted molar refractivity (Wildman–Crippen MR) is 50.8 cm³/mol. The second-order valence-electron chi connectivity index (χ2n) is 2.50. The van der Waals surface area contributed by atoms with Gasteiger partial charge in [0, 0.05) is 0 Å². The smallest absolute Gasteiger partial charge is 0.0737 e. The third kappa shape index (κ3) is 8.13. The highest BCUT2D eigenvalue weighted by molar-refractivity contribution is 7.80. The molecule has 0 aliphatic rings. The third-order valence-corrected chi connectivity index (χ3v) is 1.78. The Hall–Kier alpha value is 0.230. The van der Waals surface area contributed by atoms with Crippen LogP contribution in [0.15, 0.2) is 0 Å². The molecule has 1 atom stereocenters. The summed E-state index contributed by atoms with van der Waals surface area (Å²) in [6.45, 7) is 1.76. The first kappa shape index (κ1) is 11.2. The van der Waals surface area contributed by atoms with Gasteiger partial charge in [-0.2, -0.15) is 12.6 Å². The Morgan fingerprint density at radius 3 is 2.64 bits per heavy atom. The minimum absolute atomic E-state index is 0.0760. The van der Waals surface area contributed by atoms with Gasteiger partial charge in [0.1, 0.15) is 0 Å². The van der Waals surface area contributed by atoms with Crippen LogP contribution in [0, 0.1) is 0 Å². The number of aliphatic hydroxyl groups excluding tert-OH is 1. The summed E-state index contributed by atoms with van der Waals surface area (Å²) in [5, 5.41) is 11.6. The predicted octanol–water partition coefficient (Wildman–Crippen LogP) is -0.0468. The maximum absolute atomic E-state index is 8.58. The van der Waals surface area contributed by atoms with E-state index in [-0.39, 0.29) is 12.0 Å². The molecule has 0 aromatic carbocycles. The number of aliphatic hydroxyl groups is 1. The molecule has 0 bridgehead atoms. The number of hydrogen-bond donors (Lipinski definition) is 4. The van der Waals surface area contributed by atoms with Gasteiger partial charge in [0.2, 0.25) is 0 Å². The average Bonchev–Trinajstić information content (AvgIpc) is 2.04. The monoisotopic (exact) mass is 178 g/mol. The van der Waals surface area contributed by atoms with Crippen molar-refractivity contribution in [3.05, 3.63) is 0 Å². The summed E-state index contributed by atoms with van der Waals surface area (Å²) in [6.07, 6.45) is 3.34. The zero-order chi connectivity index (χ0) is 8.53. The number of thiol groups is 1. The third-order valence-electron chi connectivity index (χ3n) is 1.43. The molecule has 4 heteroatoms. The summed E-state index contributed by atoms with van der Waals surface area (Å²) in [5.74, 6) is 0.